The van der Waals surface area contributed by atoms with E-state index in [1.54, 1.807) is 30.5 Å². The molecule has 1 unspecified atom stereocenters. The molecule has 0 aromatic carbocycles. The molecule has 14 heavy (non-hydrogen) atoms. The summed E-state index contributed by atoms with van der Waals surface area (Å²) >= 11 is 0. The van der Waals surface area contributed by atoms with Gasteiger partial charge in [-0.2, -0.15) is 0 Å². The number of carboxylic acid groups (broad SMARTS) is 1. The molecule has 1 aromatic heterocycles. The van der Waals surface area contributed by atoms with Gasteiger partial charge in [-0.3, -0.25) is 9.78 Å². The van der Waals surface area contributed by atoms with Crippen molar-refractivity contribution in [2.45, 2.75) is 18.8 Å². The lowest BCUT2D eigenvalue weighted by Crippen LogP contribution is -2.12. The monoisotopic (exact) mass is 191 g/mol. The van der Waals surface area contributed by atoms with Gasteiger partial charge in [0.25, 0.3) is 0 Å². The molecule has 0 aliphatic carbocycles. The predicted molar refractivity (Wildman–Crippen MR) is 54.0 cm³/mol. The maximum atomic E-state index is 10.9. The van der Waals surface area contributed by atoms with Crippen LogP contribution in [-0.4, -0.2) is 16.1 Å². The summed E-state index contributed by atoms with van der Waals surface area (Å²) in [4.78, 5) is 15.0. The molecule has 1 rings (SSSR count). The molecule has 1 atom stereocenters. The summed E-state index contributed by atoms with van der Waals surface area (Å²) in [6, 6.07) is 5.31. The molecule has 0 saturated carbocycles. The molecule has 1 aromatic rings. The Morgan fingerprint density at radius 2 is 2.43 bits per heavy atom. The van der Waals surface area contributed by atoms with Gasteiger partial charge in [-0.1, -0.05) is 12.1 Å². The number of hydrogen-bond donors (Lipinski definition) is 1. The highest BCUT2D eigenvalue weighted by Crippen LogP contribution is 2.19. The highest BCUT2D eigenvalue weighted by Gasteiger charge is 2.19. The van der Waals surface area contributed by atoms with Gasteiger partial charge in [-0.05, 0) is 25.0 Å². The molecule has 3 heteroatoms. The van der Waals surface area contributed by atoms with Crippen LogP contribution < -0.4 is 0 Å². The van der Waals surface area contributed by atoms with E-state index < -0.39 is 11.9 Å². The third kappa shape index (κ3) is 2.69. The zero-order valence-corrected chi connectivity index (χ0v) is 7.89. The third-order valence-corrected chi connectivity index (χ3v) is 2.00. The third-order valence-electron chi connectivity index (χ3n) is 2.00. The summed E-state index contributed by atoms with van der Waals surface area (Å²) < 4.78 is 0. The number of carboxylic acids is 1. The van der Waals surface area contributed by atoms with Crippen LogP contribution in [0.5, 0.6) is 0 Å². The molecule has 1 heterocycles. The normalized spacial score (nSPS) is 12.0. The Labute approximate surface area is 83.1 Å². The number of allylic oxidation sites excluding steroid dienone is 1. The van der Waals surface area contributed by atoms with Gasteiger partial charge in [-0.15, -0.1) is 6.58 Å². The lowest BCUT2D eigenvalue weighted by molar-refractivity contribution is -0.139. The molecule has 0 fully saturated rings. The Bertz CT molecular complexity index is 308. The number of aliphatic carboxylic acids is 1. The summed E-state index contributed by atoms with van der Waals surface area (Å²) in [6.07, 6.45) is 4.57. The average Bonchev–Trinajstić information content (AvgIpc) is 2.19. The SMILES string of the molecule is C=CCCC(C(=O)O)c1ccccn1. The summed E-state index contributed by atoms with van der Waals surface area (Å²) in [6.45, 7) is 3.57. The first-order valence-electron chi connectivity index (χ1n) is 4.50. The van der Waals surface area contributed by atoms with Crippen molar-refractivity contribution in [3.63, 3.8) is 0 Å². The average molecular weight is 191 g/mol. The lowest BCUT2D eigenvalue weighted by Gasteiger charge is -2.09. The Morgan fingerprint density at radius 1 is 1.64 bits per heavy atom. The summed E-state index contributed by atoms with van der Waals surface area (Å²) in [5.74, 6) is -1.35. The van der Waals surface area contributed by atoms with Crippen molar-refractivity contribution in [1.29, 1.82) is 0 Å². The Kier molecular flexibility index (Phi) is 3.85. The second-order valence-electron chi connectivity index (χ2n) is 3.01. The van der Waals surface area contributed by atoms with E-state index in [9.17, 15) is 4.79 Å². The first kappa shape index (κ1) is 10.4. The molecule has 74 valence electrons. The Morgan fingerprint density at radius 3 is 2.93 bits per heavy atom. The molecular formula is C11H13NO2. The van der Waals surface area contributed by atoms with E-state index in [1.807, 2.05) is 0 Å². The first-order valence-corrected chi connectivity index (χ1v) is 4.50. The Balaban J connectivity index is 2.78. The maximum Gasteiger partial charge on any atom is 0.312 e. The number of pyridine rings is 1. The zero-order valence-electron chi connectivity index (χ0n) is 7.89. The minimum absolute atomic E-state index is 0.519. The highest BCUT2D eigenvalue weighted by atomic mass is 16.4. The van der Waals surface area contributed by atoms with E-state index in [-0.39, 0.29) is 0 Å². The minimum atomic E-state index is -0.828. The van der Waals surface area contributed by atoms with Gasteiger partial charge in [0.1, 0.15) is 0 Å². The van der Waals surface area contributed by atoms with Gasteiger partial charge < -0.3 is 5.11 Å². The van der Waals surface area contributed by atoms with Crippen molar-refractivity contribution in [2.75, 3.05) is 0 Å². The topological polar surface area (TPSA) is 50.2 Å². The fourth-order valence-electron chi connectivity index (χ4n) is 1.26. The number of hydrogen-bond acceptors (Lipinski definition) is 2. The van der Waals surface area contributed by atoms with Crippen LogP contribution in [0.25, 0.3) is 0 Å². The van der Waals surface area contributed by atoms with E-state index in [1.165, 1.54) is 0 Å². The van der Waals surface area contributed by atoms with Crippen LogP contribution in [0.15, 0.2) is 37.1 Å². The molecule has 0 spiro atoms. The lowest BCUT2D eigenvalue weighted by atomic mass is 9.99. The molecule has 0 bridgehead atoms. The van der Waals surface area contributed by atoms with Crippen molar-refractivity contribution < 1.29 is 9.90 Å². The quantitative estimate of drug-likeness (QED) is 0.726. The van der Waals surface area contributed by atoms with Crippen LogP contribution >= 0.6 is 0 Å². The van der Waals surface area contributed by atoms with E-state index in [2.05, 4.69) is 11.6 Å². The van der Waals surface area contributed by atoms with E-state index in [0.717, 1.165) is 0 Å². The van der Waals surface area contributed by atoms with Crippen molar-refractivity contribution in [3.8, 4) is 0 Å². The van der Waals surface area contributed by atoms with Gasteiger partial charge in [-0.25, -0.2) is 0 Å². The van der Waals surface area contributed by atoms with Crippen LogP contribution in [0.3, 0.4) is 0 Å². The number of carbonyl (C=O) groups is 1. The number of rotatable bonds is 5. The van der Waals surface area contributed by atoms with Crippen LogP contribution in [0, 0.1) is 0 Å². The molecule has 0 aliphatic heterocycles. The molecule has 0 saturated heterocycles. The molecule has 0 radical (unpaired) electrons. The number of aromatic nitrogens is 1. The summed E-state index contributed by atoms with van der Waals surface area (Å²) in [5, 5.41) is 8.98. The molecule has 0 aliphatic rings. The fraction of sp³-hybridized carbons (Fsp3) is 0.273. The molecule has 0 amide bonds. The molecule has 3 nitrogen and oxygen atoms in total. The minimum Gasteiger partial charge on any atom is -0.481 e. The van der Waals surface area contributed by atoms with Crippen LogP contribution in [0.2, 0.25) is 0 Å². The van der Waals surface area contributed by atoms with Crippen LogP contribution in [0.4, 0.5) is 0 Å². The van der Waals surface area contributed by atoms with Gasteiger partial charge in [0.2, 0.25) is 0 Å². The van der Waals surface area contributed by atoms with Crippen molar-refractivity contribution in [1.82, 2.24) is 4.98 Å². The second-order valence-corrected chi connectivity index (χ2v) is 3.01. The standard InChI is InChI=1S/C11H13NO2/c1-2-3-6-9(11(13)14)10-7-4-5-8-12-10/h2,4-5,7-9H,1,3,6H2,(H,13,14). The fourth-order valence-corrected chi connectivity index (χ4v) is 1.26. The van der Waals surface area contributed by atoms with Gasteiger partial charge >= 0.3 is 5.97 Å². The largest absolute Gasteiger partial charge is 0.481 e. The van der Waals surface area contributed by atoms with Crippen LogP contribution in [-0.2, 0) is 4.79 Å². The number of nitrogens with zero attached hydrogens (tertiary/aromatic N) is 1. The van der Waals surface area contributed by atoms with Crippen molar-refractivity contribution in [3.05, 3.63) is 42.7 Å². The van der Waals surface area contributed by atoms with E-state index in [4.69, 9.17) is 5.11 Å². The highest BCUT2D eigenvalue weighted by molar-refractivity contribution is 5.75. The van der Waals surface area contributed by atoms with Crippen LogP contribution in [0.1, 0.15) is 24.5 Å². The van der Waals surface area contributed by atoms with Crippen molar-refractivity contribution in [2.24, 2.45) is 0 Å². The Hall–Kier alpha value is -1.64. The van der Waals surface area contributed by atoms with Gasteiger partial charge in [0, 0.05) is 6.20 Å². The zero-order chi connectivity index (χ0) is 10.4. The van der Waals surface area contributed by atoms with Gasteiger partial charge in [0.15, 0.2) is 0 Å². The predicted octanol–water partition coefficient (Wildman–Crippen LogP) is 2.22. The molecular weight excluding hydrogens is 178 g/mol. The smallest absolute Gasteiger partial charge is 0.312 e. The first-order chi connectivity index (χ1) is 6.75. The van der Waals surface area contributed by atoms with E-state index >= 15 is 0 Å². The van der Waals surface area contributed by atoms with Crippen molar-refractivity contribution >= 4 is 5.97 Å². The molecule has 1 N–H and O–H groups in total. The maximum absolute atomic E-state index is 10.9. The van der Waals surface area contributed by atoms with Gasteiger partial charge in [0.05, 0.1) is 11.6 Å². The summed E-state index contributed by atoms with van der Waals surface area (Å²) in [7, 11) is 0. The van der Waals surface area contributed by atoms with E-state index in [0.29, 0.717) is 18.5 Å². The summed E-state index contributed by atoms with van der Waals surface area (Å²) in [5.41, 5.74) is 0.613. The second kappa shape index (κ2) is 5.17.